The first kappa shape index (κ1) is 16.0. The minimum absolute atomic E-state index is 0.406. The van der Waals surface area contributed by atoms with Crippen molar-refractivity contribution >= 4 is 11.6 Å². The molecule has 0 fully saturated rings. The summed E-state index contributed by atoms with van der Waals surface area (Å²) in [7, 11) is 1.48. The third kappa shape index (κ3) is 3.72. The van der Waals surface area contributed by atoms with Crippen LogP contribution in [0.25, 0.3) is 0 Å². The Bertz CT molecular complexity index is 521. The number of halogens is 2. The van der Waals surface area contributed by atoms with Crippen LogP contribution in [0.3, 0.4) is 0 Å². The van der Waals surface area contributed by atoms with Crippen LogP contribution in [0.4, 0.5) is 14.5 Å². The maximum atomic E-state index is 13.2. The second-order valence-corrected chi connectivity index (χ2v) is 4.47. The molecule has 1 amide bonds. The molecule has 1 aromatic carbocycles. The Balaban J connectivity index is 3.02. The topological polar surface area (TPSA) is 63.5 Å². The van der Waals surface area contributed by atoms with Crippen LogP contribution in [0.15, 0.2) is 12.1 Å². The zero-order valence-electron chi connectivity index (χ0n) is 11.4. The minimum Gasteiger partial charge on any atom is -0.341 e. The highest BCUT2D eigenvalue weighted by Crippen LogP contribution is 2.23. The van der Waals surface area contributed by atoms with E-state index in [1.165, 1.54) is 11.9 Å². The summed E-state index contributed by atoms with van der Waals surface area (Å²) in [4.78, 5) is 23.3. The summed E-state index contributed by atoms with van der Waals surface area (Å²) < 4.78 is 26.2. The molecule has 20 heavy (non-hydrogen) atoms. The fraction of sp³-hybridized carbons (Fsp3) is 0.462. The second-order valence-electron chi connectivity index (χ2n) is 4.47. The van der Waals surface area contributed by atoms with Crippen molar-refractivity contribution in [3.05, 3.63) is 39.4 Å². The van der Waals surface area contributed by atoms with Crippen molar-refractivity contribution in [1.29, 1.82) is 0 Å². The molecule has 0 aliphatic carbocycles. The van der Waals surface area contributed by atoms with Gasteiger partial charge in [0, 0.05) is 13.6 Å². The van der Waals surface area contributed by atoms with Gasteiger partial charge in [0.15, 0.2) is 11.6 Å². The normalized spacial score (nSPS) is 10.4. The van der Waals surface area contributed by atoms with Gasteiger partial charge in [-0.25, -0.2) is 8.78 Å². The highest BCUT2D eigenvalue weighted by Gasteiger charge is 2.25. The van der Waals surface area contributed by atoms with Gasteiger partial charge in [0.2, 0.25) is 0 Å². The first-order valence-electron chi connectivity index (χ1n) is 6.27. The molecular weight excluding hydrogens is 270 g/mol. The van der Waals surface area contributed by atoms with E-state index in [1.807, 2.05) is 6.92 Å². The number of nitro benzene ring substituents is 1. The first-order valence-corrected chi connectivity index (χ1v) is 6.27. The number of carbonyl (C=O) groups excluding carboxylic acids is 1. The molecule has 1 aromatic rings. The number of amides is 1. The van der Waals surface area contributed by atoms with Crippen molar-refractivity contribution in [3.8, 4) is 0 Å². The van der Waals surface area contributed by atoms with Crippen LogP contribution in [0.1, 0.15) is 36.5 Å². The van der Waals surface area contributed by atoms with Gasteiger partial charge in [-0.15, -0.1) is 0 Å². The summed E-state index contributed by atoms with van der Waals surface area (Å²) in [6, 6.07) is 1.01. The van der Waals surface area contributed by atoms with Crippen molar-refractivity contribution in [2.75, 3.05) is 13.6 Å². The van der Waals surface area contributed by atoms with Crippen molar-refractivity contribution in [2.24, 2.45) is 0 Å². The van der Waals surface area contributed by atoms with Gasteiger partial charge >= 0.3 is 0 Å². The van der Waals surface area contributed by atoms with Crippen LogP contribution in [-0.2, 0) is 0 Å². The predicted molar refractivity (Wildman–Crippen MR) is 69.5 cm³/mol. The first-order chi connectivity index (χ1) is 9.38. The number of unbranched alkanes of at least 4 members (excludes halogenated alkanes) is 2. The molecule has 0 bridgehead atoms. The molecule has 0 aliphatic rings. The van der Waals surface area contributed by atoms with Crippen molar-refractivity contribution in [3.63, 3.8) is 0 Å². The number of hydrogen-bond donors (Lipinski definition) is 0. The van der Waals surface area contributed by atoms with E-state index in [9.17, 15) is 23.7 Å². The van der Waals surface area contributed by atoms with Crippen LogP contribution in [0.2, 0.25) is 0 Å². The molecule has 5 nitrogen and oxygen atoms in total. The third-order valence-electron chi connectivity index (χ3n) is 2.91. The Hall–Kier alpha value is -2.05. The molecule has 0 radical (unpaired) electrons. The summed E-state index contributed by atoms with van der Waals surface area (Å²) >= 11 is 0. The minimum atomic E-state index is -1.35. The standard InChI is InChI=1S/C13H16F2N2O3/c1-3-4-5-6-16(2)13(18)9-7-10(14)11(15)8-12(9)17(19)20/h7-8H,3-6H2,1-2H3. The van der Waals surface area contributed by atoms with E-state index in [-0.39, 0.29) is 0 Å². The fourth-order valence-electron chi connectivity index (χ4n) is 1.76. The number of hydrogen-bond acceptors (Lipinski definition) is 3. The average Bonchev–Trinajstić information content (AvgIpc) is 2.40. The highest BCUT2D eigenvalue weighted by atomic mass is 19.2. The van der Waals surface area contributed by atoms with Gasteiger partial charge < -0.3 is 4.90 Å². The molecule has 1 rings (SSSR count). The van der Waals surface area contributed by atoms with Gasteiger partial charge in [-0.3, -0.25) is 14.9 Å². The van der Waals surface area contributed by atoms with Crippen molar-refractivity contribution < 1.29 is 18.5 Å². The fourth-order valence-corrected chi connectivity index (χ4v) is 1.76. The summed E-state index contributed by atoms with van der Waals surface area (Å²) in [5.74, 6) is -3.31. The molecule has 0 aromatic heterocycles. The number of rotatable bonds is 6. The number of carbonyl (C=O) groups is 1. The molecule has 7 heteroatoms. The maximum absolute atomic E-state index is 13.2. The van der Waals surface area contributed by atoms with Crippen molar-refractivity contribution in [2.45, 2.75) is 26.2 Å². The smallest absolute Gasteiger partial charge is 0.285 e. The molecule has 110 valence electrons. The summed E-state index contributed by atoms with van der Waals surface area (Å²) in [5, 5.41) is 10.8. The van der Waals surface area contributed by atoms with Crippen molar-refractivity contribution in [1.82, 2.24) is 4.90 Å². The van der Waals surface area contributed by atoms with Gasteiger partial charge in [0.1, 0.15) is 5.56 Å². The lowest BCUT2D eigenvalue weighted by Crippen LogP contribution is -2.28. The van der Waals surface area contributed by atoms with Crippen LogP contribution < -0.4 is 0 Å². The number of nitro groups is 1. The largest absolute Gasteiger partial charge is 0.341 e. The summed E-state index contributed by atoms with van der Waals surface area (Å²) in [5.41, 5.74) is -1.16. The SMILES string of the molecule is CCCCCN(C)C(=O)c1cc(F)c(F)cc1[N+](=O)[O-]. The lowest BCUT2D eigenvalue weighted by Gasteiger charge is -2.17. The van der Waals surface area contributed by atoms with Gasteiger partial charge in [-0.05, 0) is 12.5 Å². The molecular formula is C13H16F2N2O3. The van der Waals surface area contributed by atoms with E-state index >= 15 is 0 Å². The van der Waals surface area contributed by atoms with Gasteiger partial charge in [0.25, 0.3) is 11.6 Å². The van der Waals surface area contributed by atoms with E-state index in [1.54, 1.807) is 0 Å². The summed E-state index contributed by atoms with van der Waals surface area (Å²) in [6.07, 6.45) is 2.63. The average molecular weight is 286 g/mol. The molecule has 0 heterocycles. The van der Waals surface area contributed by atoms with Crippen LogP contribution in [0.5, 0.6) is 0 Å². The molecule has 0 spiro atoms. The zero-order chi connectivity index (χ0) is 15.3. The van der Waals surface area contributed by atoms with Gasteiger partial charge in [0.05, 0.1) is 11.0 Å². The highest BCUT2D eigenvalue weighted by molar-refractivity contribution is 5.98. The quantitative estimate of drug-likeness (QED) is 0.458. The van der Waals surface area contributed by atoms with E-state index in [4.69, 9.17) is 0 Å². The zero-order valence-corrected chi connectivity index (χ0v) is 11.4. The van der Waals surface area contributed by atoms with Gasteiger partial charge in [-0.1, -0.05) is 19.8 Å². The third-order valence-corrected chi connectivity index (χ3v) is 2.91. The predicted octanol–water partition coefficient (Wildman–Crippen LogP) is 3.14. The molecule has 0 unspecified atom stereocenters. The van der Waals surface area contributed by atoms with Crippen LogP contribution >= 0.6 is 0 Å². The van der Waals surface area contributed by atoms with E-state index in [0.717, 1.165) is 19.3 Å². The van der Waals surface area contributed by atoms with E-state index < -0.39 is 33.7 Å². The molecule has 0 aliphatic heterocycles. The van der Waals surface area contributed by atoms with Gasteiger partial charge in [-0.2, -0.15) is 0 Å². The van der Waals surface area contributed by atoms with E-state index in [0.29, 0.717) is 18.7 Å². The Morgan fingerprint density at radius 3 is 2.45 bits per heavy atom. The maximum Gasteiger partial charge on any atom is 0.285 e. The number of nitrogens with zero attached hydrogens (tertiary/aromatic N) is 2. The Kier molecular flexibility index (Phi) is 5.54. The summed E-state index contributed by atoms with van der Waals surface area (Å²) in [6.45, 7) is 2.41. The lowest BCUT2D eigenvalue weighted by atomic mass is 10.1. The van der Waals surface area contributed by atoms with E-state index in [2.05, 4.69) is 0 Å². The monoisotopic (exact) mass is 286 g/mol. The Morgan fingerprint density at radius 1 is 1.30 bits per heavy atom. The molecule has 0 saturated heterocycles. The molecule has 0 atom stereocenters. The Morgan fingerprint density at radius 2 is 1.90 bits per heavy atom. The lowest BCUT2D eigenvalue weighted by molar-refractivity contribution is -0.385. The van der Waals surface area contributed by atoms with Crippen LogP contribution in [-0.4, -0.2) is 29.3 Å². The Labute approximate surface area is 115 Å². The molecule has 0 saturated carbocycles. The second kappa shape index (κ2) is 6.93. The number of benzene rings is 1. The molecule has 0 N–H and O–H groups in total. The van der Waals surface area contributed by atoms with Crippen LogP contribution in [0, 0.1) is 21.7 Å².